The van der Waals surface area contributed by atoms with Gasteiger partial charge in [-0.05, 0) is 29.8 Å². The van der Waals surface area contributed by atoms with Crippen LogP contribution in [0.25, 0.3) is 11.5 Å². The quantitative estimate of drug-likeness (QED) is 0.720. The molecule has 3 aromatic rings. The highest BCUT2D eigenvalue weighted by molar-refractivity contribution is 9.10. The molecule has 0 aliphatic carbocycles. The third-order valence-corrected chi connectivity index (χ3v) is 4.08. The highest BCUT2D eigenvalue weighted by Gasteiger charge is 2.10. The van der Waals surface area contributed by atoms with E-state index in [0.717, 1.165) is 21.5 Å². The van der Waals surface area contributed by atoms with E-state index in [0.29, 0.717) is 12.4 Å². The van der Waals surface area contributed by atoms with Crippen LogP contribution in [-0.2, 0) is 0 Å². The van der Waals surface area contributed by atoms with E-state index in [1.54, 1.807) is 12.4 Å². The minimum atomic E-state index is -0.140. The molecule has 23 heavy (non-hydrogen) atoms. The third-order valence-electron chi connectivity index (χ3n) is 3.36. The van der Waals surface area contributed by atoms with Gasteiger partial charge in [0.25, 0.3) is 0 Å². The lowest BCUT2D eigenvalue weighted by atomic mass is 10.1. The van der Waals surface area contributed by atoms with E-state index in [1.165, 1.54) is 0 Å². The van der Waals surface area contributed by atoms with Crippen molar-refractivity contribution < 1.29 is 0 Å². The zero-order valence-corrected chi connectivity index (χ0v) is 13.9. The lowest BCUT2D eigenvalue weighted by Crippen LogP contribution is -2.21. The summed E-state index contributed by atoms with van der Waals surface area (Å²) in [6.45, 7) is 0.571. The average Bonchev–Trinajstić information content (AvgIpc) is 2.61. The number of hydrogen-bond donors (Lipinski definition) is 2. The van der Waals surface area contributed by atoms with E-state index in [1.807, 2.05) is 48.5 Å². The van der Waals surface area contributed by atoms with Crippen LogP contribution in [0.1, 0.15) is 11.6 Å². The summed E-state index contributed by atoms with van der Waals surface area (Å²) in [4.78, 5) is 13.0. The fourth-order valence-electron chi connectivity index (χ4n) is 2.18. The van der Waals surface area contributed by atoms with Gasteiger partial charge in [-0.25, -0.2) is 9.97 Å². The summed E-state index contributed by atoms with van der Waals surface area (Å²) >= 11 is 3.52. The Hall–Kier alpha value is -2.31. The predicted octanol–water partition coefficient (Wildman–Crippen LogP) is 3.41. The first kappa shape index (κ1) is 15.6. The zero-order valence-electron chi connectivity index (χ0n) is 12.4. The van der Waals surface area contributed by atoms with E-state index in [2.05, 4.69) is 36.2 Å². The first-order valence-electron chi connectivity index (χ1n) is 7.22. The molecule has 0 aliphatic heterocycles. The standard InChI is InChI=1S/C17H16BrN5/c18-13-6-2-1-5-12(13)14(19)11-22-16-8-10-21-17(23-16)15-7-3-4-9-20-15/h1-10,14H,11,19H2,(H,21,22,23). The Morgan fingerprint density at radius 1 is 1.00 bits per heavy atom. The summed E-state index contributed by atoms with van der Waals surface area (Å²) < 4.78 is 1.01. The summed E-state index contributed by atoms with van der Waals surface area (Å²) in [5.74, 6) is 1.31. The Morgan fingerprint density at radius 3 is 2.61 bits per heavy atom. The molecule has 1 unspecified atom stereocenters. The van der Waals surface area contributed by atoms with Crippen LogP contribution in [0.2, 0.25) is 0 Å². The monoisotopic (exact) mass is 369 g/mol. The average molecular weight is 370 g/mol. The Morgan fingerprint density at radius 2 is 1.83 bits per heavy atom. The number of aromatic nitrogens is 3. The SMILES string of the molecule is NC(CNc1ccnc(-c2ccccn2)n1)c1ccccc1Br. The molecule has 0 saturated heterocycles. The molecule has 0 aliphatic rings. The van der Waals surface area contributed by atoms with Crippen molar-refractivity contribution in [1.82, 2.24) is 15.0 Å². The highest BCUT2D eigenvalue weighted by atomic mass is 79.9. The summed E-state index contributed by atoms with van der Waals surface area (Å²) in [6.07, 6.45) is 3.44. The van der Waals surface area contributed by atoms with Gasteiger partial charge in [-0.2, -0.15) is 0 Å². The summed E-state index contributed by atoms with van der Waals surface area (Å²) in [5.41, 5.74) is 8.04. The lowest BCUT2D eigenvalue weighted by Gasteiger charge is -2.15. The van der Waals surface area contributed by atoms with Gasteiger partial charge < -0.3 is 11.1 Å². The van der Waals surface area contributed by atoms with Crippen molar-refractivity contribution in [3.63, 3.8) is 0 Å². The molecular formula is C17H16BrN5. The minimum absolute atomic E-state index is 0.140. The molecule has 0 bridgehead atoms. The second-order valence-electron chi connectivity index (χ2n) is 4.99. The normalized spacial score (nSPS) is 11.9. The van der Waals surface area contributed by atoms with Gasteiger partial charge in [0.15, 0.2) is 5.82 Å². The number of anilines is 1. The number of hydrogen-bond acceptors (Lipinski definition) is 5. The molecule has 2 heterocycles. The Balaban J connectivity index is 1.71. The van der Waals surface area contributed by atoms with Crippen LogP contribution in [0.4, 0.5) is 5.82 Å². The van der Waals surface area contributed by atoms with Gasteiger partial charge in [0.05, 0.1) is 0 Å². The number of pyridine rings is 1. The van der Waals surface area contributed by atoms with E-state index in [9.17, 15) is 0 Å². The van der Waals surface area contributed by atoms with Crippen LogP contribution in [-0.4, -0.2) is 21.5 Å². The maximum Gasteiger partial charge on any atom is 0.180 e. The van der Waals surface area contributed by atoms with Crippen LogP contribution in [0, 0.1) is 0 Å². The Bertz CT molecular complexity index is 779. The minimum Gasteiger partial charge on any atom is -0.368 e. The van der Waals surface area contributed by atoms with Crippen molar-refractivity contribution in [3.05, 3.63) is 71.0 Å². The van der Waals surface area contributed by atoms with Crippen LogP contribution >= 0.6 is 15.9 Å². The Labute approximate surface area is 143 Å². The second kappa shape index (κ2) is 7.30. The van der Waals surface area contributed by atoms with Crippen molar-refractivity contribution in [2.75, 3.05) is 11.9 Å². The summed E-state index contributed by atoms with van der Waals surface area (Å²) in [6, 6.07) is 15.3. The number of nitrogens with one attached hydrogen (secondary N) is 1. The zero-order chi connectivity index (χ0) is 16.1. The molecule has 0 amide bonds. The van der Waals surface area contributed by atoms with E-state index < -0.39 is 0 Å². The fourth-order valence-corrected chi connectivity index (χ4v) is 2.75. The smallest absolute Gasteiger partial charge is 0.180 e. The number of halogens is 1. The Kier molecular flexibility index (Phi) is 4.95. The molecule has 0 fully saturated rings. The topological polar surface area (TPSA) is 76.7 Å². The van der Waals surface area contributed by atoms with Crippen LogP contribution in [0.3, 0.4) is 0 Å². The first-order valence-corrected chi connectivity index (χ1v) is 8.01. The summed E-state index contributed by atoms with van der Waals surface area (Å²) in [7, 11) is 0. The molecule has 6 heteroatoms. The van der Waals surface area contributed by atoms with Gasteiger partial charge in [0.2, 0.25) is 0 Å². The van der Waals surface area contributed by atoms with Crippen LogP contribution in [0.5, 0.6) is 0 Å². The molecule has 5 nitrogen and oxygen atoms in total. The third kappa shape index (κ3) is 3.91. The van der Waals surface area contributed by atoms with E-state index >= 15 is 0 Å². The number of rotatable bonds is 5. The van der Waals surface area contributed by atoms with E-state index in [4.69, 9.17) is 5.73 Å². The molecule has 2 aromatic heterocycles. The lowest BCUT2D eigenvalue weighted by molar-refractivity contribution is 0.757. The van der Waals surface area contributed by atoms with Gasteiger partial charge in [0.1, 0.15) is 11.5 Å². The van der Waals surface area contributed by atoms with Gasteiger partial charge in [0, 0.05) is 29.5 Å². The van der Waals surface area contributed by atoms with Crippen LogP contribution in [0.15, 0.2) is 65.4 Å². The van der Waals surface area contributed by atoms with Crippen molar-refractivity contribution >= 4 is 21.7 Å². The maximum atomic E-state index is 6.24. The molecule has 0 radical (unpaired) electrons. The molecule has 3 rings (SSSR count). The molecule has 1 aromatic carbocycles. The van der Waals surface area contributed by atoms with Crippen molar-refractivity contribution in [2.45, 2.75) is 6.04 Å². The highest BCUT2D eigenvalue weighted by Crippen LogP contribution is 2.22. The van der Waals surface area contributed by atoms with Gasteiger partial charge in [-0.1, -0.05) is 40.2 Å². The van der Waals surface area contributed by atoms with Crippen molar-refractivity contribution in [1.29, 1.82) is 0 Å². The van der Waals surface area contributed by atoms with E-state index in [-0.39, 0.29) is 6.04 Å². The molecule has 3 N–H and O–H groups in total. The van der Waals surface area contributed by atoms with Crippen LogP contribution < -0.4 is 11.1 Å². The molecule has 1 atom stereocenters. The molecular weight excluding hydrogens is 354 g/mol. The van der Waals surface area contributed by atoms with Gasteiger partial charge in [-0.15, -0.1) is 0 Å². The number of benzene rings is 1. The van der Waals surface area contributed by atoms with Gasteiger partial charge >= 0.3 is 0 Å². The molecule has 0 spiro atoms. The second-order valence-corrected chi connectivity index (χ2v) is 5.84. The van der Waals surface area contributed by atoms with Gasteiger partial charge in [-0.3, -0.25) is 4.98 Å². The fraction of sp³-hybridized carbons (Fsp3) is 0.118. The summed E-state index contributed by atoms with van der Waals surface area (Å²) in [5, 5.41) is 3.26. The number of nitrogens with two attached hydrogens (primary N) is 1. The maximum absolute atomic E-state index is 6.24. The van der Waals surface area contributed by atoms with Crippen molar-refractivity contribution in [2.24, 2.45) is 5.73 Å². The largest absolute Gasteiger partial charge is 0.368 e. The molecule has 0 saturated carbocycles. The molecule has 116 valence electrons. The first-order chi connectivity index (χ1) is 11.2. The van der Waals surface area contributed by atoms with Crippen molar-refractivity contribution in [3.8, 4) is 11.5 Å². The number of nitrogens with zero attached hydrogens (tertiary/aromatic N) is 3. The predicted molar refractivity (Wildman–Crippen MR) is 94.8 cm³/mol.